The zero-order valence-electron chi connectivity index (χ0n) is 11.2. The minimum absolute atomic E-state index is 0.0518. The van der Waals surface area contributed by atoms with Crippen molar-refractivity contribution < 1.29 is 23.1 Å². The lowest BCUT2D eigenvalue weighted by Gasteiger charge is -2.38. The quantitative estimate of drug-likeness (QED) is 0.784. The summed E-state index contributed by atoms with van der Waals surface area (Å²) in [5.41, 5.74) is -0.792. The van der Waals surface area contributed by atoms with Gasteiger partial charge in [0.25, 0.3) is 0 Å². The van der Waals surface area contributed by atoms with E-state index in [-0.39, 0.29) is 17.5 Å². The molecule has 0 aromatic rings. The van der Waals surface area contributed by atoms with Crippen LogP contribution < -0.4 is 0 Å². The van der Waals surface area contributed by atoms with E-state index in [4.69, 9.17) is 4.74 Å². The molecule has 110 valence electrons. The molecule has 0 aromatic carbocycles. The number of ether oxygens (including phenoxy) is 1. The van der Waals surface area contributed by atoms with Crippen LogP contribution in [0.3, 0.4) is 0 Å². The molecule has 2 fully saturated rings. The minimum Gasteiger partial charge on any atom is -0.481 e. The van der Waals surface area contributed by atoms with Gasteiger partial charge in [-0.3, -0.25) is 4.79 Å². The fourth-order valence-corrected chi connectivity index (χ4v) is 4.74. The maximum absolute atomic E-state index is 11.6. The number of sulfone groups is 1. The molecule has 0 amide bonds. The van der Waals surface area contributed by atoms with Crippen molar-refractivity contribution in [1.82, 2.24) is 4.90 Å². The molecule has 2 saturated heterocycles. The van der Waals surface area contributed by atoms with Crippen molar-refractivity contribution >= 4 is 15.8 Å². The SMILES string of the molecule is CN(CC1(C(=O)O)CCOCC1)C1CCS(=O)(=O)C1. The summed E-state index contributed by atoms with van der Waals surface area (Å²) >= 11 is 0. The summed E-state index contributed by atoms with van der Waals surface area (Å²) in [6, 6.07) is -0.0518. The second kappa shape index (κ2) is 5.38. The molecular formula is C12H21NO5S. The first-order valence-electron chi connectivity index (χ1n) is 6.56. The summed E-state index contributed by atoms with van der Waals surface area (Å²) in [6.07, 6.45) is 1.59. The van der Waals surface area contributed by atoms with Gasteiger partial charge in [-0.2, -0.15) is 0 Å². The van der Waals surface area contributed by atoms with E-state index in [9.17, 15) is 18.3 Å². The largest absolute Gasteiger partial charge is 0.481 e. The lowest BCUT2D eigenvalue weighted by Crippen LogP contribution is -2.48. The fraction of sp³-hybridized carbons (Fsp3) is 0.917. The van der Waals surface area contributed by atoms with Crippen LogP contribution in [0.2, 0.25) is 0 Å². The first kappa shape index (κ1) is 14.7. The molecular weight excluding hydrogens is 270 g/mol. The maximum atomic E-state index is 11.6. The summed E-state index contributed by atoms with van der Waals surface area (Å²) < 4.78 is 28.2. The highest BCUT2D eigenvalue weighted by atomic mass is 32.2. The van der Waals surface area contributed by atoms with Gasteiger partial charge in [0, 0.05) is 25.8 Å². The lowest BCUT2D eigenvalue weighted by atomic mass is 9.79. The Bertz CT molecular complexity index is 441. The first-order chi connectivity index (χ1) is 8.85. The van der Waals surface area contributed by atoms with Crippen molar-refractivity contribution in [1.29, 1.82) is 0 Å². The standard InChI is InChI=1S/C12H21NO5S/c1-13(10-2-7-19(16,17)8-10)9-12(11(14)15)3-5-18-6-4-12/h10H,2-9H2,1H3,(H,14,15). The number of carboxylic acids is 1. The van der Waals surface area contributed by atoms with Gasteiger partial charge in [-0.25, -0.2) is 8.42 Å². The predicted octanol–water partition coefficient (Wildman–Crippen LogP) is -0.0133. The summed E-state index contributed by atoms with van der Waals surface area (Å²) in [5, 5.41) is 9.48. The third kappa shape index (κ3) is 3.27. The van der Waals surface area contributed by atoms with Crippen LogP contribution in [-0.4, -0.2) is 68.7 Å². The van der Waals surface area contributed by atoms with E-state index >= 15 is 0 Å². The molecule has 6 nitrogen and oxygen atoms in total. The van der Waals surface area contributed by atoms with E-state index in [1.807, 2.05) is 11.9 Å². The Labute approximate surface area is 113 Å². The van der Waals surface area contributed by atoms with E-state index in [1.165, 1.54) is 0 Å². The molecule has 0 spiro atoms. The Kier molecular flexibility index (Phi) is 4.17. The maximum Gasteiger partial charge on any atom is 0.311 e. The highest BCUT2D eigenvalue weighted by molar-refractivity contribution is 7.91. The monoisotopic (exact) mass is 291 g/mol. The van der Waals surface area contributed by atoms with Crippen LogP contribution in [0.4, 0.5) is 0 Å². The van der Waals surface area contributed by atoms with Crippen LogP contribution in [-0.2, 0) is 19.4 Å². The van der Waals surface area contributed by atoms with Gasteiger partial charge in [-0.15, -0.1) is 0 Å². The van der Waals surface area contributed by atoms with E-state index in [0.29, 0.717) is 39.0 Å². The van der Waals surface area contributed by atoms with Gasteiger partial charge < -0.3 is 14.7 Å². The van der Waals surface area contributed by atoms with E-state index in [0.717, 1.165) is 0 Å². The molecule has 2 aliphatic heterocycles. The summed E-state index contributed by atoms with van der Waals surface area (Å²) in [4.78, 5) is 13.5. The van der Waals surface area contributed by atoms with Crippen LogP contribution in [0.15, 0.2) is 0 Å². The van der Waals surface area contributed by atoms with Gasteiger partial charge in [-0.1, -0.05) is 0 Å². The van der Waals surface area contributed by atoms with Gasteiger partial charge in [-0.05, 0) is 26.3 Å². The number of carboxylic acid groups (broad SMARTS) is 1. The molecule has 1 N–H and O–H groups in total. The van der Waals surface area contributed by atoms with E-state index in [1.54, 1.807) is 0 Å². The number of carbonyl (C=O) groups is 1. The number of hydrogen-bond donors (Lipinski definition) is 1. The van der Waals surface area contributed by atoms with Crippen molar-refractivity contribution in [3.05, 3.63) is 0 Å². The average molecular weight is 291 g/mol. The molecule has 0 radical (unpaired) electrons. The minimum atomic E-state index is -2.94. The molecule has 0 aromatic heterocycles. The Balaban J connectivity index is 2.03. The van der Waals surface area contributed by atoms with E-state index in [2.05, 4.69) is 0 Å². The van der Waals surface area contributed by atoms with Crippen LogP contribution in [0.5, 0.6) is 0 Å². The number of nitrogens with zero attached hydrogens (tertiary/aromatic N) is 1. The molecule has 0 saturated carbocycles. The van der Waals surface area contributed by atoms with Crippen LogP contribution in [0.1, 0.15) is 19.3 Å². The lowest BCUT2D eigenvalue weighted by molar-refractivity contribution is -0.156. The highest BCUT2D eigenvalue weighted by Gasteiger charge is 2.43. The molecule has 2 heterocycles. The second-order valence-corrected chi connectivity index (χ2v) is 7.90. The molecule has 0 bridgehead atoms. The molecule has 7 heteroatoms. The van der Waals surface area contributed by atoms with Gasteiger partial charge in [0.2, 0.25) is 0 Å². The summed E-state index contributed by atoms with van der Waals surface area (Å²) in [5.74, 6) is -0.440. The van der Waals surface area contributed by atoms with Gasteiger partial charge in [0.05, 0.1) is 16.9 Å². The molecule has 1 unspecified atom stereocenters. The van der Waals surface area contributed by atoms with Gasteiger partial charge in [0.1, 0.15) is 0 Å². The summed E-state index contributed by atoms with van der Waals surface area (Å²) in [7, 11) is -1.11. The van der Waals surface area contributed by atoms with Gasteiger partial charge >= 0.3 is 5.97 Å². The third-order valence-electron chi connectivity index (χ3n) is 4.29. The van der Waals surface area contributed by atoms with Crippen molar-refractivity contribution in [2.45, 2.75) is 25.3 Å². The van der Waals surface area contributed by atoms with Crippen molar-refractivity contribution in [2.75, 3.05) is 38.3 Å². The van der Waals surface area contributed by atoms with Crippen LogP contribution in [0.25, 0.3) is 0 Å². The Morgan fingerprint density at radius 1 is 1.42 bits per heavy atom. The number of aliphatic carboxylic acids is 1. The Morgan fingerprint density at radius 3 is 2.53 bits per heavy atom. The zero-order chi connectivity index (χ0) is 14.1. The van der Waals surface area contributed by atoms with Crippen LogP contribution >= 0.6 is 0 Å². The molecule has 2 rings (SSSR count). The molecule has 1 atom stereocenters. The third-order valence-corrected chi connectivity index (χ3v) is 6.04. The van der Waals surface area contributed by atoms with Crippen molar-refractivity contribution in [3.63, 3.8) is 0 Å². The van der Waals surface area contributed by atoms with Crippen molar-refractivity contribution in [2.24, 2.45) is 5.41 Å². The molecule has 0 aliphatic carbocycles. The summed E-state index contributed by atoms with van der Waals surface area (Å²) in [6.45, 7) is 1.32. The number of hydrogen-bond acceptors (Lipinski definition) is 5. The number of rotatable bonds is 4. The molecule has 2 aliphatic rings. The average Bonchev–Trinajstić information content (AvgIpc) is 2.71. The first-order valence-corrected chi connectivity index (χ1v) is 8.39. The van der Waals surface area contributed by atoms with E-state index < -0.39 is 21.2 Å². The topological polar surface area (TPSA) is 83.9 Å². The normalized spacial score (nSPS) is 29.5. The molecule has 19 heavy (non-hydrogen) atoms. The fourth-order valence-electron chi connectivity index (χ4n) is 2.93. The smallest absolute Gasteiger partial charge is 0.311 e. The van der Waals surface area contributed by atoms with Crippen LogP contribution in [0, 0.1) is 5.41 Å². The Morgan fingerprint density at radius 2 is 2.05 bits per heavy atom. The zero-order valence-corrected chi connectivity index (χ0v) is 12.0. The second-order valence-electron chi connectivity index (χ2n) is 5.67. The highest BCUT2D eigenvalue weighted by Crippen LogP contribution is 2.33. The van der Waals surface area contributed by atoms with Gasteiger partial charge in [0.15, 0.2) is 9.84 Å². The Hall–Kier alpha value is -0.660. The predicted molar refractivity (Wildman–Crippen MR) is 69.8 cm³/mol. The van der Waals surface area contributed by atoms with Crippen molar-refractivity contribution in [3.8, 4) is 0 Å².